The Kier molecular flexibility index (Phi) is 5.51. The molecule has 4 rings (SSSR count). The zero-order valence-corrected chi connectivity index (χ0v) is 15.7. The number of aryl methyl sites for hydroxylation is 1. The lowest BCUT2D eigenvalue weighted by molar-refractivity contribution is 0.101. The maximum atomic E-state index is 5.47. The van der Waals surface area contributed by atoms with E-state index in [1.54, 1.807) is 0 Å². The summed E-state index contributed by atoms with van der Waals surface area (Å²) in [5.74, 6) is 1.54. The number of hydrogen-bond acceptors (Lipinski definition) is 6. The summed E-state index contributed by atoms with van der Waals surface area (Å²) < 4.78 is 5.47. The van der Waals surface area contributed by atoms with E-state index in [0.29, 0.717) is 6.04 Å². The highest BCUT2D eigenvalue weighted by atomic mass is 16.5. The zero-order valence-electron chi connectivity index (χ0n) is 15.7. The molecule has 6 nitrogen and oxygen atoms in total. The number of nitrogens with zero attached hydrogens (tertiary/aromatic N) is 5. The normalized spacial score (nSPS) is 22.7. The van der Waals surface area contributed by atoms with Crippen molar-refractivity contribution in [3.8, 4) is 0 Å². The van der Waals surface area contributed by atoms with E-state index >= 15 is 0 Å². The molecule has 0 unspecified atom stereocenters. The van der Waals surface area contributed by atoms with Gasteiger partial charge in [0.05, 0.1) is 6.04 Å². The third kappa shape index (κ3) is 4.07. The average molecular weight is 355 g/mol. The molecular formula is C20H29N5O. The second-order valence-corrected chi connectivity index (χ2v) is 7.39. The van der Waals surface area contributed by atoms with Crippen molar-refractivity contribution in [2.45, 2.75) is 32.2 Å². The summed E-state index contributed by atoms with van der Waals surface area (Å²) in [5, 5.41) is 3.98. The van der Waals surface area contributed by atoms with Crippen LogP contribution < -0.4 is 4.90 Å². The van der Waals surface area contributed by atoms with Gasteiger partial charge in [-0.15, -0.1) is 0 Å². The van der Waals surface area contributed by atoms with Gasteiger partial charge in [-0.1, -0.05) is 29.8 Å². The first-order valence-corrected chi connectivity index (χ1v) is 9.86. The minimum Gasteiger partial charge on any atom is -0.369 e. The first-order valence-electron chi connectivity index (χ1n) is 9.86. The fraction of sp³-hybridized carbons (Fsp3) is 0.600. The van der Waals surface area contributed by atoms with Crippen LogP contribution in [0.5, 0.6) is 0 Å². The fourth-order valence-corrected chi connectivity index (χ4v) is 4.13. The molecule has 140 valence electrons. The average Bonchev–Trinajstić information content (AvgIpc) is 3.14. The lowest BCUT2D eigenvalue weighted by Crippen LogP contribution is -2.49. The highest BCUT2D eigenvalue weighted by molar-refractivity contribution is 5.46. The highest BCUT2D eigenvalue weighted by Gasteiger charge is 2.29. The number of hydrogen-bond donors (Lipinski definition) is 0. The van der Waals surface area contributed by atoms with Gasteiger partial charge < -0.3 is 9.42 Å². The summed E-state index contributed by atoms with van der Waals surface area (Å²) in [4.78, 5) is 12.1. The molecule has 6 heteroatoms. The summed E-state index contributed by atoms with van der Waals surface area (Å²) in [6, 6.07) is 11.0. The number of aromatic nitrogens is 2. The van der Waals surface area contributed by atoms with Gasteiger partial charge in [-0.2, -0.15) is 4.98 Å². The van der Waals surface area contributed by atoms with E-state index in [1.807, 2.05) is 6.92 Å². The third-order valence-electron chi connectivity index (χ3n) is 5.64. The van der Waals surface area contributed by atoms with Crippen LogP contribution in [-0.2, 0) is 0 Å². The van der Waals surface area contributed by atoms with Gasteiger partial charge in [0.25, 0.3) is 0 Å². The quantitative estimate of drug-likeness (QED) is 0.822. The van der Waals surface area contributed by atoms with Crippen LogP contribution in [0.15, 0.2) is 34.9 Å². The van der Waals surface area contributed by atoms with Gasteiger partial charge in [0, 0.05) is 45.0 Å². The molecule has 0 bridgehead atoms. The Morgan fingerprint density at radius 3 is 2.54 bits per heavy atom. The number of para-hydroxylation sites is 1. The summed E-state index contributed by atoms with van der Waals surface area (Å²) in [6.45, 7) is 9.71. The second kappa shape index (κ2) is 8.18. The standard InChI is InChI=1S/C20H29N5O/c1-17-21-20(26-22-17)19-9-5-6-10-25(19)16-13-23-11-14-24(15-12-23)18-7-3-2-4-8-18/h2-4,7-8,19H,5-6,9-16H2,1H3/t19-/m0/s1. The van der Waals surface area contributed by atoms with E-state index in [4.69, 9.17) is 4.52 Å². The Morgan fingerprint density at radius 1 is 1.00 bits per heavy atom. The van der Waals surface area contributed by atoms with Crippen LogP contribution in [0.4, 0.5) is 5.69 Å². The maximum absolute atomic E-state index is 5.47. The van der Waals surface area contributed by atoms with Gasteiger partial charge in [-0.05, 0) is 38.4 Å². The predicted molar refractivity (Wildman–Crippen MR) is 102 cm³/mol. The smallest absolute Gasteiger partial charge is 0.243 e. The summed E-state index contributed by atoms with van der Waals surface area (Å²) >= 11 is 0. The molecule has 0 aliphatic carbocycles. The third-order valence-corrected chi connectivity index (χ3v) is 5.64. The van der Waals surface area contributed by atoms with Crippen molar-refractivity contribution in [3.63, 3.8) is 0 Å². The van der Waals surface area contributed by atoms with Crippen molar-refractivity contribution in [1.29, 1.82) is 0 Å². The van der Waals surface area contributed by atoms with Crippen LogP contribution in [-0.4, -0.2) is 65.8 Å². The Bertz CT molecular complexity index is 681. The van der Waals surface area contributed by atoms with Gasteiger partial charge in [0.2, 0.25) is 5.89 Å². The molecule has 0 radical (unpaired) electrons. The molecule has 1 aromatic carbocycles. The molecule has 3 heterocycles. The Hall–Kier alpha value is -1.92. The van der Waals surface area contributed by atoms with E-state index in [1.165, 1.54) is 18.5 Å². The number of piperazine rings is 1. The van der Waals surface area contributed by atoms with Crippen LogP contribution in [0.2, 0.25) is 0 Å². The van der Waals surface area contributed by atoms with Crippen molar-refractivity contribution in [2.24, 2.45) is 0 Å². The predicted octanol–water partition coefficient (Wildman–Crippen LogP) is 2.73. The molecule has 2 aliphatic rings. The Balaban J connectivity index is 1.28. The molecule has 2 aromatic rings. The van der Waals surface area contributed by atoms with Crippen molar-refractivity contribution in [1.82, 2.24) is 19.9 Å². The second-order valence-electron chi connectivity index (χ2n) is 7.39. The van der Waals surface area contributed by atoms with Crippen LogP contribution >= 0.6 is 0 Å². The van der Waals surface area contributed by atoms with Crippen LogP contribution in [0.3, 0.4) is 0 Å². The van der Waals surface area contributed by atoms with E-state index in [-0.39, 0.29) is 0 Å². The number of anilines is 1. The summed E-state index contributed by atoms with van der Waals surface area (Å²) in [7, 11) is 0. The van der Waals surface area contributed by atoms with Crippen LogP contribution in [0.25, 0.3) is 0 Å². The van der Waals surface area contributed by atoms with Gasteiger partial charge >= 0.3 is 0 Å². The molecule has 1 aromatic heterocycles. The minimum absolute atomic E-state index is 0.301. The Morgan fingerprint density at radius 2 is 1.81 bits per heavy atom. The van der Waals surface area contributed by atoms with Crippen molar-refractivity contribution in [3.05, 3.63) is 42.0 Å². The maximum Gasteiger partial charge on any atom is 0.243 e. The first-order chi connectivity index (χ1) is 12.8. The first kappa shape index (κ1) is 17.5. The van der Waals surface area contributed by atoms with E-state index in [9.17, 15) is 0 Å². The number of benzene rings is 1. The molecule has 2 fully saturated rings. The molecule has 0 N–H and O–H groups in total. The minimum atomic E-state index is 0.301. The van der Waals surface area contributed by atoms with Crippen molar-refractivity contribution in [2.75, 3.05) is 50.7 Å². The molecular weight excluding hydrogens is 326 g/mol. The van der Waals surface area contributed by atoms with Gasteiger partial charge in [0.15, 0.2) is 5.82 Å². The summed E-state index contributed by atoms with van der Waals surface area (Å²) in [5.41, 5.74) is 1.34. The topological polar surface area (TPSA) is 48.6 Å². The summed E-state index contributed by atoms with van der Waals surface area (Å²) in [6.07, 6.45) is 3.65. The van der Waals surface area contributed by atoms with Crippen LogP contribution in [0, 0.1) is 6.92 Å². The van der Waals surface area contributed by atoms with Gasteiger partial charge in [-0.3, -0.25) is 9.80 Å². The molecule has 0 amide bonds. The number of piperidine rings is 1. The Labute approximate surface area is 155 Å². The fourth-order valence-electron chi connectivity index (χ4n) is 4.13. The van der Waals surface area contributed by atoms with E-state index < -0.39 is 0 Å². The van der Waals surface area contributed by atoms with Crippen LogP contribution in [0.1, 0.15) is 37.0 Å². The molecule has 2 aliphatic heterocycles. The largest absolute Gasteiger partial charge is 0.369 e. The van der Waals surface area contributed by atoms with E-state index in [2.05, 4.69) is 55.2 Å². The monoisotopic (exact) mass is 355 g/mol. The SMILES string of the molecule is Cc1noc([C@@H]2CCCCN2CCN2CCN(c3ccccc3)CC2)n1. The molecule has 0 saturated carbocycles. The molecule has 1 atom stereocenters. The lowest BCUT2D eigenvalue weighted by atomic mass is 10.0. The van der Waals surface area contributed by atoms with Gasteiger partial charge in [0.1, 0.15) is 0 Å². The molecule has 2 saturated heterocycles. The zero-order chi connectivity index (χ0) is 17.8. The van der Waals surface area contributed by atoms with Gasteiger partial charge in [-0.25, -0.2) is 0 Å². The highest BCUT2D eigenvalue weighted by Crippen LogP contribution is 2.29. The van der Waals surface area contributed by atoms with Crippen molar-refractivity contribution < 1.29 is 4.52 Å². The lowest BCUT2D eigenvalue weighted by Gasteiger charge is -2.38. The number of likely N-dealkylation sites (tertiary alicyclic amines) is 1. The van der Waals surface area contributed by atoms with Crippen molar-refractivity contribution >= 4 is 5.69 Å². The molecule has 26 heavy (non-hydrogen) atoms. The number of rotatable bonds is 5. The molecule has 0 spiro atoms. The van der Waals surface area contributed by atoms with E-state index in [0.717, 1.165) is 63.9 Å².